The van der Waals surface area contributed by atoms with Crippen LogP contribution >= 0.6 is 23.1 Å². The number of carbonyl (C=O) groups excluding carboxylic acids is 1. The Morgan fingerprint density at radius 1 is 1.21 bits per heavy atom. The molecule has 0 bridgehead atoms. The lowest BCUT2D eigenvalue weighted by atomic mass is 10.2. The predicted molar refractivity (Wildman–Crippen MR) is 117 cm³/mol. The number of hydrogen-bond acceptors (Lipinski definition) is 5. The van der Waals surface area contributed by atoms with Crippen LogP contribution in [0, 0.1) is 12.7 Å². The zero-order valence-corrected chi connectivity index (χ0v) is 18.5. The summed E-state index contributed by atoms with van der Waals surface area (Å²) in [5, 5.41) is 0. The number of thiazole rings is 1. The summed E-state index contributed by atoms with van der Waals surface area (Å²) in [4.78, 5) is 17.2. The molecule has 3 aromatic rings. The van der Waals surface area contributed by atoms with Crippen LogP contribution in [-0.2, 0) is 21.2 Å². The van der Waals surface area contributed by atoms with Crippen molar-refractivity contribution in [3.8, 4) is 0 Å². The summed E-state index contributed by atoms with van der Waals surface area (Å²) < 4.78 is 41.0. The first-order chi connectivity index (χ1) is 13.8. The number of hydrogen-bond donors (Lipinski definition) is 0. The number of thioether (sulfide) groups is 1. The van der Waals surface area contributed by atoms with Gasteiger partial charge in [0.2, 0.25) is 5.91 Å². The van der Waals surface area contributed by atoms with Crippen LogP contribution in [0.3, 0.4) is 0 Å². The number of aryl methyl sites for hydroxylation is 2. The van der Waals surface area contributed by atoms with Crippen LogP contribution in [0.15, 0.2) is 52.4 Å². The molecule has 5 nitrogen and oxygen atoms in total. The fourth-order valence-corrected chi connectivity index (χ4v) is 5.47. The number of fused-ring (bicyclic) bond motifs is 1. The largest absolute Gasteiger partial charge is 0.316 e. The van der Waals surface area contributed by atoms with Crippen LogP contribution < -0.4 is 4.80 Å². The van der Waals surface area contributed by atoms with Crippen LogP contribution in [0.2, 0.25) is 0 Å². The summed E-state index contributed by atoms with van der Waals surface area (Å²) in [5.74, 6) is -0.349. The molecule has 1 heterocycles. The van der Waals surface area contributed by atoms with Crippen molar-refractivity contribution in [3.63, 3.8) is 0 Å². The molecule has 0 saturated carbocycles. The Balaban J connectivity index is 1.84. The molecule has 154 valence electrons. The van der Waals surface area contributed by atoms with Gasteiger partial charge in [-0.1, -0.05) is 29.0 Å². The van der Waals surface area contributed by atoms with Gasteiger partial charge in [-0.15, -0.1) is 0 Å². The van der Waals surface area contributed by atoms with Crippen molar-refractivity contribution in [2.24, 2.45) is 4.99 Å². The van der Waals surface area contributed by atoms with E-state index in [0.717, 1.165) is 16.8 Å². The maximum absolute atomic E-state index is 13.6. The molecule has 29 heavy (non-hydrogen) atoms. The number of sulfone groups is 1. The first-order valence-corrected chi connectivity index (χ1v) is 12.8. The molecular formula is C20H21FN2O3S3. The maximum Gasteiger partial charge on any atom is 0.249 e. The highest BCUT2D eigenvalue weighted by Gasteiger charge is 2.16. The van der Waals surface area contributed by atoms with Crippen LogP contribution in [0.25, 0.3) is 10.2 Å². The normalized spacial score (nSPS) is 12.6. The second kappa shape index (κ2) is 9.23. The molecule has 0 saturated heterocycles. The minimum Gasteiger partial charge on any atom is -0.316 e. The van der Waals surface area contributed by atoms with Crippen molar-refractivity contribution in [2.75, 3.05) is 17.8 Å². The van der Waals surface area contributed by atoms with E-state index in [0.29, 0.717) is 16.0 Å². The lowest BCUT2D eigenvalue weighted by Gasteiger charge is -2.04. The minimum absolute atomic E-state index is 0.197. The monoisotopic (exact) mass is 452 g/mol. The van der Waals surface area contributed by atoms with Crippen molar-refractivity contribution in [2.45, 2.75) is 24.8 Å². The molecule has 3 rings (SSSR count). The van der Waals surface area contributed by atoms with Gasteiger partial charge in [-0.25, -0.2) is 12.8 Å². The van der Waals surface area contributed by atoms with Crippen LogP contribution in [0.5, 0.6) is 0 Å². The minimum atomic E-state index is -3.56. The molecule has 0 atom stereocenters. The van der Waals surface area contributed by atoms with Crippen LogP contribution in [0.4, 0.5) is 4.39 Å². The number of nitrogens with zero attached hydrogens (tertiary/aromatic N) is 2. The quantitative estimate of drug-likeness (QED) is 0.547. The van der Waals surface area contributed by atoms with Gasteiger partial charge in [0.25, 0.3) is 0 Å². The molecule has 0 aliphatic carbocycles. The highest BCUT2D eigenvalue weighted by atomic mass is 32.2. The first kappa shape index (κ1) is 21.7. The van der Waals surface area contributed by atoms with Gasteiger partial charge < -0.3 is 4.57 Å². The second-order valence-corrected chi connectivity index (χ2v) is 10.6. The van der Waals surface area contributed by atoms with Gasteiger partial charge in [-0.3, -0.25) is 4.79 Å². The number of amides is 1. The van der Waals surface area contributed by atoms with E-state index in [-0.39, 0.29) is 22.9 Å². The lowest BCUT2D eigenvalue weighted by molar-refractivity contribution is -0.117. The number of carbonyl (C=O) groups is 1. The zero-order valence-electron chi connectivity index (χ0n) is 16.1. The van der Waals surface area contributed by atoms with Gasteiger partial charge in [0.1, 0.15) is 5.82 Å². The Kier molecular flexibility index (Phi) is 6.92. The Labute approximate surface area is 177 Å². The number of aromatic nitrogens is 1. The van der Waals surface area contributed by atoms with Crippen molar-refractivity contribution in [3.05, 3.63) is 58.6 Å². The smallest absolute Gasteiger partial charge is 0.249 e. The van der Waals surface area contributed by atoms with Crippen molar-refractivity contribution in [1.29, 1.82) is 0 Å². The van der Waals surface area contributed by atoms with E-state index < -0.39 is 15.7 Å². The number of rotatable bonds is 7. The van der Waals surface area contributed by atoms with E-state index in [2.05, 4.69) is 4.99 Å². The van der Waals surface area contributed by atoms with Crippen LogP contribution in [0.1, 0.15) is 12.0 Å². The molecule has 9 heteroatoms. The third kappa shape index (κ3) is 5.34. The molecule has 0 spiro atoms. The third-order valence-corrected chi connectivity index (χ3v) is 7.71. The molecule has 2 aromatic carbocycles. The summed E-state index contributed by atoms with van der Waals surface area (Å²) >= 11 is 2.88. The average Bonchev–Trinajstić information content (AvgIpc) is 3.01. The highest BCUT2D eigenvalue weighted by Crippen LogP contribution is 2.19. The van der Waals surface area contributed by atoms with Gasteiger partial charge >= 0.3 is 0 Å². The molecule has 0 N–H and O–H groups in total. The molecule has 1 amide bonds. The topological polar surface area (TPSA) is 68.5 Å². The third-order valence-electron chi connectivity index (χ3n) is 4.35. The van der Waals surface area contributed by atoms with Gasteiger partial charge in [0, 0.05) is 18.7 Å². The summed E-state index contributed by atoms with van der Waals surface area (Å²) in [6.45, 7) is 2.50. The average molecular weight is 453 g/mol. The standard InChI is InChI=1S/C20H21FN2O3S3/c1-14-3-6-16(7-4-14)29(25,26)12-9-19(24)22-20-23(10-11-27-2)17-8-5-15(21)13-18(17)28-20/h3-8,13H,9-12H2,1-2H3. The van der Waals surface area contributed by atoms with Gasteiger partial charge in [-0.2, -0.15) is 16.8 Å². The maximum atomic E-state index is 13.6. The summed E-state index contributed by atoms with van der Waals surface area (Å²) in [5.41, 5.74) is 1.77. The number of halogens is 1. The molecular weight excluding hydrogens is 431 g/mol. The SMILES string of the molecule is CSCCn1c(=NC(=O)CCS(=O)(=O)c2ccc(C)cc2)sc2cc(F)ccc21. The van der Waals surface area contributed by atoms with Crippen molar-refractivity contribution < 1.29 is 17.6 Å². The fraction of sp³-hybridized carbons (Fsp3) is 0.300. The zero-order chi connectivity index (χ0) is 21.0. The molecule has 1 aromatic heterocycles. The molecule has 0 radical (unpaired) electrons. The van der Waals surface area contributed by atoms with Gasteiger partial charge in [0.15, 0.2) is 14.6 Å². The second-order valence-electron chi connectivity index (χ2n) is 6.53. The first-order valence-electron chi connectivity index (χ1n) is 8.95. The van der Waals surface area contributed by atoms with E-state index in [1.54, 1.807) is 42.1 Å². The Bertz CT molecular complexity index is 1200. The van der Waals surface area contributed by atoms with E-state index >= 15 is 0 Å². The Morgan fingerprint density at radius 3 is 2.62 bits per heavy atom. The van der Waals surface area contributed by atoms with E-state index in [1.807, 2.05) is 17.7 Å². The predicted octanol–water partition coefficient (Wildman–Crippen LogP) is 3.80. The molecule has 0 aliphatic rings. The highest BCUT2D eigenvalue weighted by molar-refractivity contribution is 7.98. The number of benzene rings is 2. The van der Waals surface area contributed by atoms with Crippen molar-refractivity contribution in [1.82, 2.24) is 4.57 Å². The fourth-order valence-electron chi connectivity index (χ4n) is 2.78. The summed E-state index contributed by atoms with van der Waals surface area (Å²) in [7, 11) is -3.56. The Hall–Kier alpha value is -1.97. The Morgan fingerprint density at radius 2 is 1.93 bits per heavy atom. The molecule has 0 fully saturated rings. The molecule has 0 aliphatic heterocycles. The lowest BCUT2D eigenvalue weighted by Crippen LogP contribution is -2.19. The van der Waals surface area contributed by atoms with E-state index in [9.17, 15) is 17.6 Å². The summed E-state index contributed by atoms with van der Waals surface area (Å²) in [6, 6.07) is 11.0. The van der Waals surface area contributed by atoms with E-state index in [1.165, 1.54) is 23.5 Å². The van der Waals surface area contributed by atoms with Crippen LogP contribution in [-0.4, -0.2) is 36.7 Å². The van der Waals surface area contributed by atoms with Gasteiger partial charge in [-0.05, 0) is 43.5 Å². The van der Waals surface area contributed by atoms with Crippen molar-refractivity contribution >= 4 is 49.1 Å². The van der Waals surface area contributed by atoms with Gasteiger partial charge in [0.05, 0.1) is 20.9 Å². The summed E-state index contributed by atoms with van der Waals surface area (Å²) in [6.07, 6.45) is 1.77. The molecule has 0 unspecified atom stereocenters. The van der Waals surface area contributed by atoms with E-state index in [4.69, 9.17) is 0 Å².